The molecule has 0 aliphatic rings. The Balaban J connectivity index is 3.78. The molecular formula is C10H12O2. The summed E-state index contributed by atoms with van der Waals surface area (Å²) in [5.74, 6) is 9.95. The normalized spacial score (nSPS) is 10.2. The van der Waals surface area contributed by atoms with Gasteiger partial charge in [-0.2, -0.15) is 0 Å². The molecule has 64 valence electrons. The van der Waals surface area contributed by atoms with Gasteiger partial charge >= 0.3 is 0 Å². The van der Waals surface area contributed by atoms with Gasteiger partial charge in [0.05, 0.1) is 6.10 Å². The number of rotatable bonds is 3. The highest BCUT2D eigenvalue weighted by atomic mass is 16.3. The molecule has 0 aromatic carbocycles. The van der Waals surface area contributed by atoms with Crippen molar-refractivity contribution in [2.45, 2.75) is 32.8 Å². The molecule has 0 aliphatic heterocycles. The van der Waals surface area contributed by atoms with Crippen LogP contribution >= 0.6 is 0 Å². The minimum atomic E-state index is -0.675. The lowest BCUT2D eigenvalue weighted by Crippen LogP contribution is -2.11. The van der Waals surface area contributed by atoms with Crippen LogP contribution in [0.15, 0.2) is 0 Å². The second kappa shape index (κ2) is 6.46. The summed E-state index contributed by atoms with van der Waals surface area (Å²) in [6, 6.07) is 0. The van der Waals surface area contributed by atoms with E-state index in [9.17, 15) is 9.90 Å². The maximum absolute atomic E-state index is 10.8. The first kappa shape index (κ1) is 10.8. The van der Waals surface area contributed by atoms with E-state index in [-0.39, 0.29) is 12.2 Å². The van der Waals surface area contributed by atoms with Gasteiger partial charge < -0.3 is 5.11 Å². The number of aliphatic hydroxyl groups is 1. The van der Waals surface area contributed by atoms with Crippen molar-refractivity contribution in [3.05, 3.63) is 0 Å². The van der Waals surface area contributed by atoms with E-state index in [0.29, 0.717) is 6.42 Å². The summed E-state index contributed by atoms with van der Waals surface area (Å²) in [6.45, 7) is 3.29. The second-order valence-corrected chi connectivity index (χ2v) is 2.29. The van der Waals surface area contributed by atoms with Crippen LogP contribution in [0.2, 0.25) is 0 Å². The smallest absolute Gasteiger partial charge is 0.208 e. The van der Waals surface area contributed by atoms with Crippen LogP contribution in [0.3, 0.4) is 0 Å². The van der Waals surface area contributed by atoms with E-state index in [4.69, 9.17) is 0 Å². The second-order valence-electron chi connectivity index (χ2n) is 2.29. The molecule has 0 rings (SSSR count). The van der Waals surface area contributed by atoms with Gasteiger partial charge in [0.1, 0.15) is 0 Å². The average Bonchev–Trinajstić information content (AvgIpc) is 2.01. The van der Waals surface area contributed by atoms with E-state index < -0.39 is 6.10 Å². The number of ketones is 1. The Morgan fingerprint density at radius 2 is 2.08 bits per heavy atom. The number of hydrogen-bond donors (Lipinski definition) is 1. The molecule has 0 fully saturated rings. The third-order valence-corrected chi connectivity index (χ3v) is 1.20. The van der Waals surface area contributed by atoms with Crippen LogP contribution in [-0.4, -0.2) is 17.0 Å². The predicted octanol–water partition coefficient (Wildman–Crippen LogP) is 0.743. The van der Waals surface area contributed by atoms with Crippen LogP contribution < -0.4 is 0 Å². The maximum atomic E-state index is 10.8. The fourth-order valence-electron chi connectivity index (χ4n) is 0.696. The summed E-state index contributed by atoms with van der Waals surface area (Å²) in [7, 11) is 0. The van der Waals surface area contributed by atoms with Crippen molar-refractivity contribution < 1.29 is 9.90 Å². The van der Waals surface area contributed by atoms with Crippen LogP contribution in [0.1, 0.15) is 26.7 Å². The molecule has 0 amide bonds. The maximum Gasteiger partial charge on any atom is 0.208 e. The van der Waals surface area contributed by atoms with Crippen molar-refractivity contribution in [1.29, 1.82) is 0 Å². The summed E-state index contributed by atoms with van der Waals surface area (Å²) in [5, 5.41) is 9.19. The van der Waals surface area contributed by atoms with E-state index in [1.54, 1.807) is 13.8 Å². The first-order valence-corrected chi connectivity index (χ1v) is 3.74. The molecule has 1 N–H and O–H groups in total. The number of aliphatic hydroxyl groups excluding tert-OH is 1. The largest absolute Gasteiger partial charge is 0.392 e. The zero-order valence-corrected chi connectivity index (χ0v) is 7.35. The van der Waals surface area contributed by atoms with Crippen LogP contribution in [0, 0.1) is 23.7 Å². The van der Waals surface area contributed by atoms with Crippen molar-refractivity contribution in [3.8, 4) is 23.7 Å². The number of carbonyl (C=O) groups excluding carboxylic acids is 1. The Morgan fingerprint density at radius 1 is 1.42 bits per heavy atom. The minimum absolute atomic E-state index is 0.0789. The monoisotopic (exact) mass is 164 g/mol. The molecule has 1 atom stereocenters. The molecule has 0 bridgehead atoms. The lowest BCUT2D eigenvalue weighted by Gasteiger charge is -2.00. The van der Waals surface area contributed by atoms with Gasteiger partial charge in [-0.15, -0.1) is 11.8 Å². The molecule has 0 aliphatic carbocycles. The van der Waals surface area contributed by atoms with Crippen molar-refractivity contribution in [3.63, 3.8) is 0 Å². The number of carbonyl (C=O) groups is 1. The van der Waals surface area contributed by atoms with Gasteiger partial charge in [-0.3, -0.25) is 4.79 Å². The van der Waals surface area contributed by atoms with Gasteiger partial charge in [0.2, 0.25) is 5.78 Å². The molecule has 0 saturated carbocycles. The summed E-state index contributed by atoms with van der Waals surface area (Å²) in [6.07, 6.45) is -0.255. The van der Waals surface area contributed by atoms with Crippen LogP contribution in [0.4, 0.5) is 0 Å². The molecule has 0 radical (unpaired) electrons. The van der Waals surface area contributed by atoms with Gasteiger partial charge in [-0.1, -0.05) is 5.92 Å². The van der Waals surface area contributed by atoms with E-state index >= 15 is 0 Å². The molecule has 0 aromatic heterocycles. The molecule has 0 saturated heterocycles. The van der Waals surface area contributed by atoms with E-state index in [0.717, 1.165) is 0 Å². The van der Waals surface area contributed by atoms with Gasteiger partial charge in [0, 0.05) is 12.8 Å². The molecule has 0 heterocycles. The van der Waals surface area contributed by atoms with E-state index in [1.807, 2.05) is 0 Å². The molecule has 12 heavy (non-hydrogen) atoms. The summed E-state index contributed by atoms with van der Waals surface area (Å²) in [4.78, 5) is 10.8. The summed E-state index contributed by atoms with van der Waals surface area (Å²) in [5.41, 5.74) is 0. The van der Waals surface area contributed by atoms with Gasteiger partial charge in [0.25, 0.3) is 0 Å². The fourth-order valence-corrected chi connectivity index (χ4v) is 0.696. The van der Waals surface area contributed by atoms with Gasteiger partial charge in [0.15, 0.2) is 0 Å². The van der Waals surface area contributed by atoms with Gasteiger partial charge in [-0.25, -0.2) is 0 Å². The lowest BCUT2D eigenvalue weighted by molar-refractivity contribution is -0.115. The Hall–Kier alpha value is -1.25. The molecule has 0 aromatic rings. The number of hydrogen-bond acceptors (Lipinski definition) is 2. The van der Waals surface area contributed by atoms with Crippen molar-refractivity contribution >= 4 is 5.78 Å². The molecule has 2 nitrogen and oxygen atoms in total. The van der Waals surface area contributed by atoms with Crippen molar-refractivity contribution in [1.82, 2.24) is 0 Å². The predicted molar refractivity (Wildman–Crippen MR) is 47.1 cm³/mol. The lowest BCUT2D eigenvalue weighted by atomic mass is 10.1. The molecule has 0 spiro atoms. The van der Waals surface area contributed by atoms with Crippen LogP contribution in [0.25, 0.3) is 0 Å². The van der Waals surface area contributed by atoms with Crippen LogP contribution in [0.5, 0.6) is 0 Å². The highest BCUT2D eigenvalue weighted by Gasteiger charge is 2.06. The molecule has 2 heteroatoms. The SMILES string of the molecule is CC#CCC(O)CC(=O)C#CC. The van der Waals surface area contributed by atoms with Gasteiger partial charge in [-0.05, 0) is 19.8 Å². The molecule has 1 unspecified atom stereocenters. The Labute approximate surface area is 73.0 Å². The molecular weight excluding hydrogens is 152 g/mol. The zero-order chi connectivity index (χ0) is 9.40. The quantitative estimate of drug-likeness (QED) is 0.493. The number of Topliss-reactive ketones (excluding diaryl/α,β-unsaturated/α-hetero) is 1. The fraction of sp³-hybridized carbons (Fsp3) is 0.500. The average molecular weight is 164 g/mol. The Morgan fingerprint density at radius 3 is 2.58 bits per heavy atom. The van der Waals surface area contributed by atoms with Crippen molar-refractivity contribution in [2.75, 3.05) is 0 Å². The summed E-state index contributed by atoms with van der Waals surface area (Å²) >= 11 is 0. The van der Waals surface area contributed by atoms with Crippen molar-refractivity contribution in [2.24, 2.45) is 0 Å². The standard InChI is InChI=1S/C10H12O2/c1-3-5-7-10(12)8-9(11)6-4-2/h10,12H,7-8H2,1-2H3. The minimum Gasteiger partial charge on any atom is -0.392 e. The first-order chi connectivity index (χ1) is 5.70. The Bertz CT molecular complexity index is 257. The highest BCUT2D eigenvalue weighted by Crippen LogP contribution is 1.96. The highest BCUT2D eigenvalue weighted by molar-refractivity contribution is 5.95. The third kappa shape index (κ3) is 5.53. The van der Waals surface area contributed by atoms with E-state index in [1.165, 1.54) is 0 Å². The van der Waals surface area contributed by atoms with Crippen LogP contribution in [-0.2, 0) is 4.79 Å². The van der Waals surface area contributed by atoms with E-state index in [2.05, 4.69) is 23.7 Å². The summed E-state index contributed by atoms with van der Waals surface area (Å²) < 4.78 is 0. The first-order valence-electron chi connectivity index (χ1n) is 3.74. The zero-order valence-electron chi connectivity index (χ0n) is 7.35. The third-order valence-electron chi connectivity index (χ3n) is 1.20. The Kier molecular flexibility index (Phi) is 5.79. The topological polar surface area (TPSA) is 37.3 Å².